The number of aliphatic hydroxyl groups is 6. The summed E-state index contributed by atoms with van der Waals surface area (Å²) in [7, 11) is 0. The fraction of sp³-hybridized carbons (Fsp3) is 1.00. The van der Waals surface area contributed by atoms with Crippen LogP contribution in [-0.2, 0) is 18.9 Å². The van der Waals surface area contributed by atoms with E-state index in [4.69, 9.17) is 36.1 Å². The Hall–Kier alpha value is -0.520. The second-order valence-corrected chi connectivity index (χ2v) is 9.65. The van der Waals surface area contributed by atoms with Gasteiger partial charge in [0.15, 0.2) is 12.6 Å². The Kier molecular flexibility index (Phi) is 8.71. The van der Waals surface area contributed by atoms with Gasteiger partial charge < -0.3 is 66.8 Å². The van der Waals surface area contributed by atoms with Crippen LogP contribution in [-0.4, -0.2) is 122 Å². The highest BCUT2D eigenvalue weighted by molar-refractivity contribution is 5.00. The van der Waals surface area contributed by atoms with Crippen LogP contribution in [0.5, 0.6) is 0 Å². The molecule has 2 aliphatic heterocycles. The Balaban J connectivity index is 1.80. The molecule has 0 aromatic carbocycles. The maximum Gasteiger partial charge on any atom is 0.187 e. The van der Waals surface area contributed by atoms with Crippen LogP contribution in [0.25, 0.3) is 0 Å². The third-order valence-corrected chi connectivity index (χ3v) is 6.83. The normalized spacial score (nSPS) is 53.1. The lowest BCUT2D eigenvalue weighted by atomic mass is 9.80. The van der Waals surface area contributed by atoms with Crippen LogP contribution in [0.3, 0.4) is 0 Å². The van der Waals surface area contributed by atoms with Crippen LogP contribution in [0.2, 0.25) is 0 Å². The monoisotopic (exact) mass is 481 g/mol. The smallest absolute Gasteiger partial charge is 0.187 e. The predicted octanol–water partition coefficient (Wildman–Crippen LogP) is -4.57. The molecular formula is C20H39N3O10. The van der Waals surface area contributed by atoms with Crippen LogP contribution in [0, 0.1) is 5.92 Å². The highest BCUT2D eigenvalue weighted by atomic mass is 16.7. The summed E-state index contributed by atoms with van der Waals surface area (Å²) in [6.07, 6.45) is -14.2. The van der Waals surface area contributed by atoms with E-state index in [2.05, 4.69) is 0 Å². The van der Waals surface area contributed by atoms with E-state index in [-0.39, 0.29) is 5.92 Å². The third kappa shape index (κ3) is 5.35. The van der Waals surface area contributed by atoms with Crippen LogP contribution in [0.15, 0.2) is 0 Å². The molecule has 13 heteroatoms. The van der Waals surface area contributed by atoms with Crippen LogP contribution in [0.4, 0.5) is 0 Å². The lowest BCUT2D eigenvalue weighted by Crippen LogP contribution is -2.67. The minimum atomic E-state index is -1.45. The van der Waals surface area contributed by atoms with Gasteiger partial charge in [0, 0.05) is 12.1 Å². The fourth-order valence-electron chi connectivity index (χ4n) is 4.76. The average Bonchev–Trinajstić information content (AvgIpc) is 3.02. The van der Waals surface area contributed by atoms with Crippen molar-refractivity contribution in [3.63, 3.8) is 0 Å². The maximum absolute atomic E-state index is 10.9. The molecule has 3 aliphatic rings. The van der Waals surface area contributed by atoms with E-state index in [1.807, 2.05) is 0 Å². The van der Waals surface area contributed by atoms with Gasteiger partial charge in [-0.05, 0) is 26.2 Å². The van der Waals surface area contributed by atoms with Crippen molar-refractivity contribution in [2.75, 3.05) is 0 Å². The molecule has 0 aromatic rings. The first-order valence-electron chi connectivity index (χ1n) is 11.3. The van der Waals surface area contributed by atoms with Gasteiger partial charge in [-0.2, -0.15) is 0 Å². The third-order valence-electron chi connectivity index (χ3n) is 6.83. The van der Waals surface area contributed by atoms with Crippen molar-refractivity contribution in [2.24, 2.45) is 23.1 Å². The molecule has 1 aliphatic carbocycles. The summed E-state index contributed by atoms with van der Waals surface area (Å²) in [6, 6.07) is -2.44. The Morgan fingerprint density at radius 3 is 1.88 bits per heavy atom. The molecule has 0 amide bonds. The minimum Gasteiger partial charge on any atom is -0.391 e. The van der Waals surface area contributed by atoms with Gasteiger partial charge >= 0.3 is 0 Å². The first kappa shape index (κ1) is 27.1. The summed E-state index contributed by atoms with van der Waals surface area (Å²) in [5.41, 5.74) is 18.1. The molecule has 12 N–H and O–H groups in total. The van der Waals surface area contributed by atoms with Gasteiger partial charge in [-0.3, -0.25) is 0 Å². The van der Waals surface area contributed by atoms with E-state index < -0.39 is 91.7 Å². The quantitative estimate of drug-likeness (QED) is 0.174. The van der Waals surface area contributed by atoms with Crippen LogP contribution in [0.1, 0.15) is 27.2 Å². The highest BCUT2D eigenvalue weighted by Gasteiger charge is 2.52. The number of aliphatic hydroxyl groups excluding tert-OH is 6. The molecule has 16 atom stereocenters. The number of hydrogen-bond donors (Lipinski definition) is 9. The molecule has 0 spiro atoms. The van der Waals surface area contributed by atoms with Crippen LogP contribution >= 0.6 is 0 Å². The molecule has 2 heterocycles. The van der Waals surface area contributed by atoms with Gasteiger partial charge in [0.25, 0.3) is 0 Å². The second-order valence-electron chi connectivity index (χ2n) is 9.65. The number of rotatable bonds is 6. The number of nitrogens with two attached hydrogens (primary N) is 3. The van der Waals surface area contributed by atoms with Gasteiger partial charge in [0.2, 0.25) is 0 Å². The average molecular weight is 482 g/mol. The molecule has 0 aromatic heterocycles. The number of ether oxygens (including phenoxy) is 4. The molecule has 1 saturated carbocycles. The zero-order valence-electron chi connectivity index (χ0n) is 19.0. The van der Waals surface area contributed by atoms with Gasteiger partial charge in [-0.25, -0.2) is 0 Å². The number of hydrogen-bond acceptors (Lipinski definition) is 13. The molecule has 3 rings (SSSR count). The van der Waals surface area contributed by atoms with E-state index in [1.54, 1.807) is 13.8 Å². The van der Waals surface area contributed by atoms with Crippen molar-refractivity contribution in [3.8, 4) is 0 Å². The molecule has 194 valence electrons. The van der Waals surface area contributed by atoms with Crippen molar-refractivity contribution in [1.29, 1.82) is 0 Å². The predicted molar refractivity (Wildman–Crippen MR) is 112 cm³/mol. The molecule has 0 bridgehead atoms. The Morgan fingerprint density at radius 1 is 0.788 bits per heavy atom. The second kappa shape index (κ2) is 10.6. The van der Waals surface area contributed by atoms with Gasteiger partial charge in [-0.15, -0.1) is 0 Å². The lowest BCUT2D eigenvalue weighted by Gasteiger charge is -2.47. The van der Waals surface area contributed by atoms with Crippen molar-refractivity contribution in [3.05, 3.63) is 0 Å². The molecule has 5 unspecified atom stereocenters. The molecule has 33 heavy (non-hydrogen) atoms. The molecule has 2 saturated heterocycles. The van der Waals surface area contributed by atoms with Gasteiger partial charge in [0.1, 0.15) is 48.8 Å². The molecule has 0 radical (unpaired) electrons. The van der Waals surface area contributed by atoms with Crippen molar-refractivity contribution in [2.45, 2.75) is 119 Å². The van der Waals surface area contributed by atoms with Gasteiger partial charge in [-0.1, -0.05) is 6.92 Å². The molecule has 13 nitrogen and oxygen atoms in total. The fourth-order valence-corrected chi connectivity index (χ4v) is 4.76. The lowest BCUT2D eigenvalue weighted by molar-refractivity contribution is -0.317. The first-order valence-corrected chi connectivity index (χ1v) is 11.3. The van der Waals surface area contributed by atoms with E-state index in [1.165, 1.54) is 6.92 Å². The topological polar surface area (TPSA) is 236 Å². The Bertz CT molecular complexity index is 645. The van der Waals surface area contributed by atoms with Crippen molar-refractivity contribution >= 4 is 0 Å². The summed E-state index contributed by atoms with van der Waals surface area (Å²) >= 11 is 0. The standard InChI is InChI=1S/C20H39N3O10/c1-5-4-8(22)17(32-19-9(23)11(26)12(27)16(31-19)7(3)24)18(10(5)25)33-20-14(29)13(28)15(30-20)6(2)21/h5-20,24-29H,4,21-23H2,1-3H3/t5-,6+,7-,8?,9?,10?,11-,12+,13-,14?,15-,16?,17-,18-,19-,20+/m1/s1. The Labute approximate surface area is 192 Å². The van der Waals surface area contributed by atoms with E-state index in [0.29, 0.717) is 6.42 Å². The zero-order chi connectivity index (χ0) is 24.8. The summed E-state index contributed by atoms with van der Waals surface area (Å²) in [5, 5.41) is 61.9. The van der Waals surface area contributed by atoms with E-state index in [0.717, 1.165) is 0 Å². The van der Waals surface area contributed by atoms with E-state index in [9.17, 15) is 30.6 Å². The SMILES string of the molecule is C[C@@H]1CC(N)[C@@H](O[C@H]2OC([C@@H](C)O)[C@@H](O)[C@H](O)C2N)[C@H](O[C@@H]2O[C@H]([C@H](C)N)[C@H](O)C2O)C1O. The summed E-state index contributed by atoms with van der Waals surface area (Å²) < 4.78 is 23.1. The molecule has 3 fully saturated rings. The molecular weight excluding hydrogens is 442 g/mol. The van der Waals surface area contributed by atoms with Crippen LogP contribution < -0.4 is 17.2 Å². The summed E-state index contributed by atoms with van der Waals surface area (Å²) in [4.78, 5) is 0. The minimum absolute atomic E-state index is 0.295. The van der Waals surface area contributed by atoms with Crippen molar-refractivity contribution < 1.29 is 49.6 Å². The summed E-state index contributed by atoms with van der Waals surface area (Å²) in [6.45, 7) is 4.77. The largest absolute Gasteiger partial charge is 0.391 e. The first-order chi connectivity index (χ1) is 15.3. The highest BCUT2D eigenvalue weighted by Crippen LogP contribution is 2.35. The zero-order valence-corrected chi connectivity index (χ0v) is 19.0. The van der Waals surface area contributed by atoms with E-state index >= 15 is 0 Å². The maximum atomic E-state index is 10.9. The summed E-state index contributed by atoms with van der Waals surface area (Å²) in [5.74, 6) is -0.295. The van der Waals surface area contributed by atoms with Gasteiger partial charge in [0.05, 0.1) is 18.2 Å². The Morgan fingerprint density at radius 2 is 1.33 bits per heavy atom. The van der Waals surface area contributed by atoms with Crippen molar-refractivity contribution in [1.82, 2.24) is 0 Å².